The summed E-state index contributed by atoms with van der Waals surface area (Å²) in [5.74, 6) is -0.277. The number of nitrogens with one attached hydrogen (secondary N) is 1. The number of benzene rings is 2. The van der Waals surface area contributed by atoms with Gasteiger partial charge >= 0.3 is 0 Å². The summed E-state index contributed by atoms with van der Waals surface area (Å²) in [6, 6.07) is 14.4. The Kier molecular flexibility index (Phi) is 3.57. The number of carbonyl (C=O) groups is 1. The van der Waals surface area contributed by atoms with Gasteiger partial charge in [0, 0.05) is 16.4 Å². The van der Waals surface area contributed by atoms with E-state index >= 15 is 0 Å². The van der Waals surface area contributed by atoms with Gasteiger partial charge in [0.05, 0.1) is 5.56 Å². The van der Waals surface area contributed by atoms with Gasteiger partial charge in [-0.15, -0.1) is 0 Å². The van der Waals surface area contributed by atoms with E-state index in [-0.39, 0.29) is 11.9 Å². The van der Waals surface area contributed by atoms with Crippen molar-refractivity contribution in [3.05, 3.63) is 69.9 Å². The predicted molar refractivity (Wildman–Crippen MR) is 79.2 cm³/mol. The summed E-state index contributed by atoms with van der Waals surface area (Å²) >= 11 is 3.27. The Morgan fingerprint density at radius 1 is 1.20 bits per heavy atom. The number of hydrogen-bond acceptors (Lipinski definition) is 1. The summed E-state index contributed by atoms with van der Waals surface area (Å²) in [6.45, 7) is 0. The molecule has 2 nitrogen and oxygen atoms in total. The smallest absolute Gasteiger partial charge is 0.252 e. The molecule has 20 heavy (non-hydrogen) atoms. The fourth-order valence-electron chi connectivity index (χ4n) is 2.34. The van der Waals surface area contributed by atoms with Crippen LogP contribution >= 0.6 is 15.9 Å². The molecule has 0 spiro atoms. The van der Waals surface area contributed by atoms with Crippen LogP contribution in [0.2, 0.25) is 0 Å². The number of amides is 1. The van der Waals surface area contributed by atoms with Crippen molar-refractivity contribution in [3.63, 3.8) is 0 Å². The lowest BCUT2D eigenvalue weighted by Gasteiger charge is -2.07. The van der Waals surface area contributed by atoms with E-state index in [2.05, 4.69) is 33.4 Å². The second-order valence-corrected chi connectivity index (χ2v) is 5.81. The van der Waals surface area contributed by atoms with Gasteiger partial charge in [0.15, 0.2) is 0 Å². The second-order valence-electron chi connectivity index (χ2n) is 4.96. The molecule has 1 fully saturated rings. The van der Waals surface area contributed by atoms with Crippen LogP contribution in [0.5, 0.6) is 0 Å². The summed E-state index contributed by atoms with van der Waals surface area (Å²) in [5.41, 5.74) is 1.57. The van der Waals surface area contributed by atoms with E-state index in [1.165, 1.54) is 17.7 Å². The number of rotatable bonds is 3. The molecule has 0 aromatic heterocycles. The zero-order valence-corrected chi connectivity index (χ0v) is 12.2. The first-order valence-electron chi connectivity index (χ1n) is 6.46. The van der Waals surface area contributed by atoms with Gasteiger partial charge in [0.2, 0.25) is 0 Å². The summed E-state index contributed by atoms with van der Waals surface area (Å²) in [4.78, 5) is 12.1. The maximum Gasteiger partial charge on any atom is 0.252 e. The van der Waals surface area contributed by atoms with Crippen molar-refractivity contribution < 1.29 is 9.18 Å². The lowest BCUT2D eigenvalue weighted by molar-refractivity contribution is 0.0949. The van der Waals surface area contributed by atoms with Gasteiger partial charge in [0.1, 0.15) is 5.82 Å². The predicted octanol–water partition coefficient (Wildman–Crippen LogP) is 3.87. The van der Waals surface area contributed by atoms with E-state index in [0.717, 1.165) is 6.42 Å². The molecule has 1 N–H and O–H groups in total. The normalized spacial score (nSPS) is 20.5. The molecule has 102 valence electrons. The molecule has 2 unspecified atom stereocenters. The van der Waals surface area contributed by atoms with Crippen molar-refractivity contribution in [2.75, 3.05) is 0 Å². The Hall–Kier alpha value is -1.68. The fourth-order valence-corrected chi connectivity index (χ4v) is 2.77. The standard InChI is InChI=1S/C16H13BrFNO/c17-14-7-6-11(18)8-13(14)16(20)19-15-9-12(15)10-4-2-1-3-5-10/h1-8,12,15H,9H2,(H,19,20). The molecule has 2 aromatic rings. The first kappa shape index (κ1) is 13.3. The van der Waals surface area contributed by atoms with Crippen molar-refractivity contribution in [2.24, 2.45) is 0 Å². The molecule has 1 aliphatic rings. The van der Waals surface area contributed by atoms with Gasteiger partial charge in [-0.25, -0.2) is 4.39 Å². The molecule has 0 heterocycles. The first-order chi connectivity index (χ1) is 9.65. The molecule has 1 saturated carbocycles. The minimum Gasteiger partial charge on any atom is -0.349 e. The highest BCUT2D eigenvalue weighted by atomic mass is 79.9. The minimum atomic E-state index is -0.409. The lowest BCUT2D eigenvalue weighted by Crippen LogP contribution is -2.27. The van der Waals surface area contributed by atoms with Crippen molar-refractivity contribution in [1.29, 1.82) is 0 Å². The highest BCUT2D eigenvalue weighted by Crippen LogP contribution is 2.40. The van der Waals surface area contributed by atoms with Crippen LogP contribution in [0, 0.1) is 5.82 Å². The van der Waals surface area contributed by atoms with Crippen LogP contribution in [0.25, 0.3) is 0 Å². The molecule has 1 amide bonds. The summed E-state index contributed by atoms with van der Waals surface area (Å²) in [7, 11) is 0. The zero-order valence-electron chi connectivity index (χ0n) is 10.6. The minimum absolute atomic E-state index is 0.139. The van der Waals surface area contributed by atoms with E-state index in [9.17, 15) is 9.18 Å². The Bertz CT molecular complexity index is 644. The van der Waals surface area contributed by atoms with E-state index in [4.69, 9.17) is 0 Å². The third-order valence-corrected chi connectivity index (χ3v) is 4.20. The molecule has 0 bridgehead atoms. The van der Waals surface area contributed by atoms with Crippen molar-refractivity contribution >= 4 is 21.8 Å². The summed E-state index contributed by atoms with van der Waals surface area (Å²) < 4.78 is 13.8. The lowest BCUT2D eigenvalue weighted by atomic mass is 10.1. The van der Waals surface area contributed by atoms with Crippen molar-refractivity contribution in [1.82, 2.24) is 5.32 Å². The van der Waals surface area contributed by atoms with E-state index in [1.54, 1.807) is 6.07 Å². The fraction of sp³-hybridized carbons (Fsp3) is 0.188. The maximum absolute atomic E-state index is 13.2. The molecule has 3 rings (SSSR count). The van der Waals surface area contributed by atoms with Crippen LogP contribution in [0.3, 0.4) is 0 Å². The van der Waals surface area contributed by atoms with Crippen LogP contribution in [-0.2, 0) is 0 Å². The largest absolute Gasteiger partial charge is 0.349 e. The average molecular weight is 334 g/mol. The molecule has 4 heteroatoms. The van der Waals surface area contributed by atoms with Gasteiger partial charge in [-0.1, -0.05) is 30.3 Å². The number of halogens is 2. The van der Waals surface area contributed by atoms with E-state index in [1.807, 2.05) is 18.2 Å². The highest BCUT2D eigenvalue weighted by Gasteiger charge is 2.39. The third-order valence-electron chi connectivity index (χ3n) is 3.51. The first-order valence-corrected chi connectivity index (χ1v) is 7.25. The van der Waals surface area contributed by atoms with Crippen LogP contribution in [-0.4, -0.2) is 11.9 Å². The molecular weight excluding hydrogens is 321 g/mol. The van der Waals surface area contributed by atoms with Gasteiger partial charge in [-0.05, 0) is 46.1 Å². The average Bonchev–Trinajstić information content (AvgIpc) is 3.21. The quantitative estimate of drug-likeness (QED) is 0.907. The SMILES string of the molecule is O=C(NC1CC1c1ccccc1)c1cc(F)ccc1Br. The second kappa shape index (κ2) is 5.37. The van der Waals surface area contributed by atoms with E-state index in [0.29, 0.717) is 16.0 Å². The highest BCUT2D eigenvalue weighted by molar-refractivity contribution is 9.10. The van der Waals surface area contributed by atoms with Crippen LogP contribution in [0.15, 0.2) is 53.0 Å². The molecule has 0 saturated heterocycles. The number of carbonyl (C=O) groups excluding carboxylic acids is 1. The van der Waals surface area contributed by atoms with Crippen LogP contribution in [0.4, 0.5) is 4.39 Å². The summed E-state index contributed by atoms with van der Waals surface area (Å²) in [6.07, 6.45) is 0.933. The van der Waals surface area contributed by atoms with E-state index < -0.39 is 5.82 Å². The molecular formula is C16H13BrFNO. The van der Waals surface area contributed by atoms with Crippen molar-refractivity contribution in [3.8, 4) is 0 Å². The van der Waals surface area contributed by atoms with Crippen LogP contribution < -0.4 is 5.32 Å². The molecule has 0 radical (unpaired) electrons. The monoisotopic (exact) mass is 333 g/mol. The van der Waals surface area contributed by atoms with Crippen LogP contribution in [0.1, 0.15) is 28.3 Å². The Balaban J connectivity index is 1.68. The zero-order chi connectivity index (χ0) is 14.1. The van der Waals surface area contributed by atoms with Gasteiger partial charge < -0.3 is 5.32 Å². The third kappa shape index (κ3) is 2.75. The Morgan fingerprint density at radius 2 is 1.95 bits per heavy atom. The topological polar surface area (TPSA) is 29.1 Å². The Morgan fingerprint density at radius 3 is 2.70 bits per heavy atom. The molecule has 1 aliphatic carbocycles. The van der Waals surface area contributed by atoms with Gasteiger partial charge in [0.25, 0.3) is 5.91 Å². The van der Waals surface area contributed by atoms with Gasteiger partial charge in [-0.2, -0.15) is 0 Å². The van der Waals surface area contributed by atoms with Crippen molar-refractivity contribution in [2.45, 2.75) is 18.4 Å². The Labute approximate surface area is 125 Å². The molecule has 2 aromatic carbocycles. The number of hydrogen-bond donors (Lipinski definition) is 1. The molecule has 2 atom stereocenters. The maximum atomic E-state index is 13.2. The summed E-state index contributed by atoms with van der Waals surface area (Å²) in [5, 5.41) is 2.95. The molecule has 0 aliphatic heterocycles. The van der Waals surface area contributed by atoms with Gasteiger partial charge in [-0.3, -0.25) is 4.79 Å².